The highest BCUT2D eigenvalue weighted by atomic mass is 32.2. The van der Waals surface area contributed by atoms with Crippen molar-refractivity contribution in [1.82, 2.24) is 5.32 Å². The van der Waals surface area contributed by atoms with E-state index in [4.69, 9.17) is 4.74 Å². The molecule has 1 fully saturated rings. The maximum atomic E-state index is 13.2. The maximum absolute atomic E-state index is 13.2. The molecule has 0 atom stereocenters. The summed E-state index contributed by atoms with van der Waals surface area (Å²) >= 11 is 2.01. The van der Waals surface area contributed by atoms with Crippen LogP contribution in [0.15, 0.2) is 54.3 Å². The number of rotatable bonds is 8. The van der Waals surface area contributed by atoms with Crippen LogP contribution in [0.25, 0.3) is 6.08 Å². The van der Waals surface area contributed by atoms with E-state index < -0.39 is 5.91 Å². The van der Waals surface area contributed by atoms with Crippen LogP contribution in [-0.2, 0) is 9.59 Å². The second kappa shape index (κ2) is 11.4. The molecule has 0 radical (unpaired) electrons. The molecule has 0 saturated heterocycles. The van der Waals surface area contributed by atoms with E-state index in [1.54, 1.807) is 36.4 Å². The summed E-state index contributed by atoms with van der Waals surface area (Å²) in [5.74, 6) is 0.673. The third-order valence-electron chi connectivity index (χ3n) is 5.85. The molecular weight excluding hydrogens is 439 g/mol. The van der Waals surface area contributed by atoms with Gasteiger partial charge in [0.05, 0.1) is 5.69 Å². The van der Waals surface area contributed by atoms with Crippen molar-refractivity contribution in [2.75, 3.05) is 23.7 Å². The molecule has 7 heteroatoms. The van der Waals surface area contributed by atoms with Gasteiger partial charge in [-0.05, 0) is 60.9 Å². The Balaban J connectivity index is 1.35. The number of thioether (sulfide) groups is 1. The van der Waals surface area contributed by atoms with E-state index in [0.29, 0.717) is 23.5 Å². The molecule has 0 aromatic heterocycles. The first-order valence-corrected chi connectivity index (χ1v) is 12.6. The molecule has 1 heterocycles. The summed E-state index contributed by atoms with van der Waals surface area (Å²) in [6.07, 6.45) is 9.12. The lowest BCUT2D eigenvalue weighted by molar-refractivity contribution is -0.123. The summed E-state index contributed by atoms with van der Waals surface area (Å²) in [5.41, 5.74) is 1.20. The van der Waals surface area contributed by atoms with Crippen LogP contribution < -0.4 is 15.0 Å². The Bertz CT molecular complexity index is 1000. The molecule has 33 heavy (non-hydrogen) atoms. The molecule has 2 aromatic rings. The van der Waals surface area contributed by atoms with Crippen molar-refractivity contribution in [2.45, 2.75) is 43.8 Å². The number of nitrogens with zero attached hydrogens (tertiary/aromatic N) is 1. The Morgan fingerprint density at radius 1 is 1.12 bits per heavy atom. The number of benzene rings is 2. The van der Waals surface area contributed by atoms with Crippen molar-refractivity contribution in [2.24, 2.45) is 0 Å². The normalized spacial score (nSPS) is 17.5. The van der Waals surface area contributed by atoms with E-state index in [0.717, 1.165) is 17.4 Å². The fourth-order valence-electron chi connectivity index (χ4n) is 4.11. The molecule has 174 valence electrons. The lowest BCUT2D eigenvalue weighted by Crippen LogP contribution is -2.44. The number of anilines is 1. The first-order chi connectivity index (χ1) is 16.1. The Labute approximate surface area is 198 Å². The number of hydrogen-bond donors (Lipinski definition) is 1. The SMILES string of the molecule is O=C(CN1C(=O)/C(=C\c2ccc(F)cc2)Oc2ccccc21)NCCCSC1CCCCC1. The summed E-state index contributed by atoms with van der Waals surface area (Å²) in [6, 6.07) is 12.9. The van der Waals surface area contributed by atoms with Gasteiger partial charge in [-0.2, -0.15) is 11.8 Å². The molecule has 5 nitrogen and oxygen atoms in total. The average Bonchev–Trinajstić information content (AvgIpc) is 2.83. The molecule has 0 unspecified atom stereocenters. The van der Waals surface area contributed by atoms with Crippen LogP contribution in [0, 0.1) is 5.82 Å². The van der Waals surface area contributed by atoms with Gasteiger partial charge in [-0.3, -0.25) is 14.5 Å². The number of amides is 2. The third kappa shape index (κ3) is 6.38. The second-order valence-corrected chi connectivity index (χ2v) is 9.76. The van der Waals surface area contributed by atoms with Crippen molar-refractivity contribution >= 4 is 35.3 Å². The molecule has 0 spiro atoms. The van der Waals surface area contributed by atoms with Crippen molar-refractivity contribution < 1.29 is 18.7 Å². The highest BCUT2D eigenvalue weighted by Crippen LogP contribution is 2.35. The largest absolute Gasteiger partial charge is 0.449 e. The van der Waals surface area contributed by atoms with Crippen LogP contribution in [0.5, 0.6) is 5.75 Å². The monoisotopic (exact) mass is 468 g/mol. The summed E-state index contributed by atoms with van der Waals surface area (Å²) in [6.45, 7) is 0.507. The Hall–Kier alpha value is -2.80. The lowest BCUT2D eigenvalue weighted by atomic mass is 10.0. The molecule has 2 aromatic carbocycles. The van der Waals surface area contributed by atoms with Crippen molar-refractivity contribution in [3.8, 4) is 5.75 Å². The van der Waals surface area contributed by atoms with E-state index in [1.807, 2.05) is 17.8 Å². The van der Waals surface area contributed by atoms with Gasteiger partial charge in [-0.1, -0.05) is 43.5 Å². The van der Waals surface area contributed by atoms with Gasteiger partial charge < -0.3 is 10.1 Å². The standard InChI is InChI=1S/C26H29FN2O3S/c27-20-13-11-19(12-14-20)17-24-26(31)29(22-9-4-5-10-23(22)32-24)18-25(30)28-15-6-16-33-21-7-2-1-3-8-21/h4-5,9-14,17,21H,1-3,6-8,15-16,18H2,(H,28,30)/b24-17+. The lowest BCUT2D eigenvalue weighted by Gasteiger charge is -2.30. The average molecular weight is 469 g/mol. The molecule has 2 amide bonds. The first-order valence-electron chi connectivity index (χ1n) is 11.5. The maximum Gasteiger partial charge on any atom is 0.294 e. The predicted molar refractivity (Wildman–Crippen MR) is 131 cm³/mol. The highest BCUT2D eigenvalue weighted by Gasteiger charge is 2.31. The molecular formula is C26H29FN2O3S. The minimum Gasteiger partial charge on any atom is -0.449 e. The molecule has 1 aliphatic carbocycles. The predicted octanol–water partition coefficient (Wildman–Crippen LogP) is 5.16. The molecule has 0 bridgehead atoms. The Morgan fingerprint density at radius 3 is 2.67 bits per heavy atom. The van der Waals surface area contributed by atoms with E-state index in [9.17, 15) is 14.0 Å². The fourth-order valence-corrected chi connectivity index (χ4v) is 5.42. The zero-order valence-corrected chi connectivity index (χ0v) is 19.4. The zero-order chi connectivity index (χ0) is 23.0. The van der Waals surface area contributed by atoms with Gasteiger partial charge in [0.2, 0.25) is 5.91 Å². The minimum atomic E-state index is -0.402. The number of hydrogen-bond acceptors (Lipinski definition) is 4. The van der Waals surface area contributed by atoms with Crippen LogP contribution in [0.3, 0.4) is 0 Å². The molecule has 2 aliphatic rings. The summed E-state index contributed by atoms with van der Waals surface area (Å²) in [7, 11) is 0. The van der Waals surface area contributed by atoms with Crippen LogP contribution in [0.2, 0.25) is 0 Å². The smallest absolute Gasteiger partial charge is 0.294 e. The molecule has 1 aliphatic heterocycles. The molecule has 1 N–H and O–H groups in total. The van der Waals surface area contributed by atoms with Crippen LogP contribution >= 0.6 is 11.8 Å². The first kappa shape index (κ1) is 23.4. The number of carbonyl (C=O) groups excluding carboxylic acids is 2. The van der Waals surface area contributed by atoms with Crippen molar-refractivity contribution in [3.05, 3.63) is 65.7 Å². The Morgan fingerprint density at radius 2 is 1.88 bits per heavy atom. The summed E-state index contributed by atoms with van der Waals surface area (Å²) in [4.78, 5) is 27.2. The van der Waals surface area contributed by atoms with Gasteiger partial charge in [0.15, 0.2) is 11.5 Å². The topological polar surface area (TPSA) is 58.6 Å². The van der Waals surface area contributed by atoms with Crippen LogP contribution in [-0.4, -0.2) is 35.9 Å². The van der Waals surface area contributed by atoms with E-state index >= 15 is 0 Å². The van der Waals surface area contributed by atoms with Gasteiger partial charge in [0, 0.05) is 11.8 Å². The van der Waals surface area contributed by atoms with Crippen molar-refractivity contribution in [1.29, 1.82) is 0 Å². The number of carbonyl (C=O) groups is 2. The van der Waals surface area contributed by atoms with Gasteiger partial charge in [-0.25, -0.2) is 4.39 Å². The van der Waals surface area contributed by atoms with E-state index in [-0.39, 0.29) is 24.0 Å². The van der Waals surface area contributed by atoms with Crippen molar-refractivity contribution in [3.63, 3.8) is 0 Å². The van der Waals surface area contributed by atoms with Gasteiger partial charge in [-0.15, -0.1) is 0 Å². The number of para-hydroxylation sites is 2. The second-order valence-electron chi connectivity index (χ2n) is 8.36. The fraction of sp³-hybridized carbons (Fsp3) is 0.385. The summed E-state index contributed by atoms with van der Waals surface area (Å²) in [5, 5.41) is 3.71. The number of halogens is 1. The summed E-state index contributed by atoms with van der Waals surface area (Å²) < 4.78 is 19.0. The minimum absolute atomic E-state index is 0.0876. The van der Waals surface area contributed by atoms with Gasteiger partial charge in [0.1, 0.15) is 12.4 Å². The number of ether oxygens (including phenoxy) is 1. The zero-order valence-electron chi connectivity index (χ0n) is 18.6. The van der Waals surface area contributed by atoms with Gasteiger partial charge in [0.25, 0.3) is 5.91 Å². The van der Waals surface area contributed by atoms with Gasteiger partial charge >= 0.3 is 0 Å². The number of nitrogens with one attached hydrogen (secondary N) is 1. The third-order valence-corrected chi connectivity index (χ3v) is 7.32. The van der Waals surface area contributed by atoms with Crippen LogP contribution in [0.1, 0.15) is 44.1 Å². The Kier molecular flexibility index (Phi) is 8.05. The number of fused-ring (bicyclic) bond motifs is 1. The van der Waals surface area contributed by atoms with E-state index in [2.05, 4.69) is 5.32 Å². The van der Waals surface area contributed by atoms with E-state index in [1.165, 1.54) is 49.1 Å². The quantitative estimate of drug-likeness (QED) is 0.429. The molecule has 1 saturated carbocycles. The molecule has 4 rings (SSSR count). The highest BCUT2D eigenvalue weighted by molar-refractivity contribution is 7.99. The van der Waals surface area contributed by atoms with Crippen LogP contribution in [0.4, 0.5) is 10.1 Å².